The van der Waals surface area contributed by atoms with Crippen molar-refractivity contribution in [3.8, 4) is 11.5 Å². The second-order valence-corrected chi connectivity index (χ2v) is 7.12. The summed E-state index contributed by atoms with van der Waals surface area (Å²) in [5, 5.41) is 5.48. The van der Waals surface area contributed by atoms with E-state index in [0.717, 1.165) is 5.56 Å². The number of fused-ring (bicyclic) bond motifs is 1. The van der Waals surface area contributed by atoms with E-state index in [4.69, 9.17) is 14.2 Å². The molecule has 3 rings (SSSR count). The van der Waals surface area contributed by atoms with E-state index in [-0.39, 0.29) is 19.1 Å². The van der Waals surface area contributed by atoms with Crippen LogP contribution >= 0.6 is 0 Å². The summed E-state index contributed by atoms with van der Waals surface area (Å²) in [4.78, 5) is 24.0. The van der Waals surface area contributed by atoms with Gasteiger partial charge in [0, 0.05) is 17.4 Å². The lowest BCUT2D eigenvalue weighted by molar-refractivity contribution is -0.115. The predicted molar refractivity (Wildman–Crippen MR) is 101 cm³/mol. The fourth-order valence-corrected chi connectivity index (χ4v) is 2.49. The number of benzene rings is 2. The van der Waals surface area contributed by atoms with Gasteiger partial charge in [-0.05, 0) is 50.6 Å². The summed E-state index contributed by atoms with van der Waals surface area (Å²) in [5.74, 6) is 1.13. The van der Waals surface area contributed by atoms with Gasteiger partial charge in [-0.3, -0.25) is 10.1 Å². The van der Waals surface area contributed by atoms with E-state index in [1.807, 2.05) is 0 Å². The zero-order valence-corrected chi connectivity index (χ0v) is 15.5. The number of carbonyl (C=O) groups is 2. The SMILES string of the molecule is CC(C)(C)OC(=O)Nc1ccc(CC(=O)Nc2ccc3c(c2)OCO3)cc1. The van der Waals surface area contributed by atoms with E-state index in [9.17, 15) is 9.59 Å². The van der Waals surface area contributed by atoms with E-state index in [1.165, 1.54) is 0 Å². The molecule has 27 heavy (non-hydrogen) atoms. The van der Waals surface area contributed by atoms with Gasteiger partial charge in [-0.2, -0.15) is 0 Å². The third-order valence-corrected chi connectivity index (χ3v) is 3.62. The Hall–Kier alpha value is -3.22. The van der Waals surface area contributed by atoms with Gasteiger partial charge in [0.1, 0.15) is 5.60 Å². The van der Waals surface area contributed by atoms with E-state index >= 15 is 0 Å². The van der Waals surface area contributed by atoms with Crippen LogP contribution in [0.5, 0.6) is 11.5 Å². The lowest BCUT2D eigenvalue weighted by atomic mass is 10.1. The minimum absolute atomic E-state index is 0.151. The molecule has 0 saturated heterocycles. The zero-order valence-electron chi connectivity index (χ0n) is 15.5. The maximum atomic E-state index is 12.2. The average Bonchev–Trinajstić information content (AvgIpc) is 3.02. The van der Waals surface area contributed by atoms with Gasteiger partial charge in [0.2, 0.25) is 12.7 Å². The number of carbonyl (C=O) groups excluding carboxylic acids is 2. The van der Waals surface area contributed by atoms with E-state index in [2.05, 4.69) is 10.6 Å². The van der Waals surface area contributed by atoms with E-state index < -0.39 is 11.7 Å². The first-order chi connectivity index (χ1) is 12.8. The van der Waals surface area contributed by atoms with Crippen molar-refractivity contribution in [2.45, 2.75) is 32.8 Å². The van der Waals surface area contributed by atoms with Crippen molar-refractivity contribution in [1.82, 2.24) is 0 Å². The molecule has 1 aliphatic rings. The number of amides is 2. The normalized spacial score (nSPS) is 12.4. The molecule has 142 valence electrons. The number of hydrogen-bond donors (Lipinski definition) is 2. The van der Waals surface area contributed by atoms with Gasteiger partial charge in [-0.15, -0.1) is 0 Å². The second-order valence-electron chi connectivity index (χ2n) is 7.12. The Morgan fingerprint density at radius 1 is 0.963 bits per heavy atom. The van der Waals surface area contributed by atoms with Crippen molar-refractivity contribution in [3.05, 3.63) is 48.0 Å². The van der Waals surface area contributed by atoms with Crippen LogP contribution < -0.4 is 20.1 Å². The quantitative estimate of drug-likeness (QED) is 0.851. The maximum absolute atomic E-state index is 12.2. The summed E-state index contributed by atoms with van der Waals surface area (Å²) in [6, 6.07) is 12.3. The van der Waals surface area contributed by atoms with Crippen LogP contribution in [0.2, 0.25) is 0 Å². The molecule has 0 atom stereocenters. The zero-order chi connectivity index (χ0) is 19.4. The third-order valence-electron chi connectivity index (χ3n) is 3.62. The third kappa shape index (κ3) is 5.37. The van der Waals surface area contributed by atoms with Gasteiger partial charge in [0.15, 0.2) is 11.5 Å². The minimum Gasteiger partial charge on any atom is -0.454 e. The highest BCUT2D eigenvalue weighted by Crippen LogP contribution is 2.34. The average molecular weight is 370 g/mol. The largest absolute Gasteiger partial charge is 0.454 e. The molecule has 2 aromatic rings. The smallest absolute Gasteiger partial charge is 0.412 e. The lowest BCUT2D eigenvalue weighted by Crippen LogP contribution is -2.27. The van der Waals surface area contributed by atoms with Crippen molar-refractivity contribution in [3.63, 3.8) is 0 Å². The Morgan fingerprint density at radius 3 is 2.33 bits per heavy atom. The standard InChI is InChI=1S/C20H22N2O5/c1-20(2,3)27-19(24)22-14-6-4-13(5-7-14)10-18(23)21-15-8-9-16-17(11-15)26-12-25-16/h4-9,11H,10,12H2,1-3H3,(H,21,23)(H,22,24). The van der Waals surface area contributed by atoms with Crippen LogP contribution in [0.25, 0.3) is 0 Å². The summed E-state index contributed by atoms with van der Waals surface area (Å²) in [7, 11) is 0. The number of rotatable bonds is 4. The molecule has 7 heteroatoms. The number of nitrogens with one attached hydrogen (secondary N) is 2. The molecule has 0 aliphatic carbocycles. The van der Waals surface area contributed by atoms with Crippen LogP contribution in [0, 0.1) is 0 Å². The maximum Gasteiger partial charge on any atom is 0.412 e. The fraction of sp³-hybridized carbons (Fsp3) is 0.300. The first kappa shape index (κ1) is 18.6. The molecule has 7 nitrogen and oxygen atoms in total. The van der Waals surface area contributed by atoms with Crippen LogP contribution in [-0.4, -0.2) is 24.4 Å². The number of hydrogen-bond acceptors (Lipinski definition) is 5. The van der Waals surface area contributed by atoms with E-state index in [1.54, 1.807) is 63.2 Å². The molecular weight excluding hydrogens is 348 g/mol. The molecule has 0 radical (unpaired) electrons. The van der Waals surface area contributed by atoms with Gasteiger partial charge in [0.25, 0.3) is 0 Å². The van der Waals surface area contributed by atoms with Crippen molar-refractivity contribution in [2.24, 2.45) is 0 Å². The first-order valence-electron chi connectivity index (χ1n) is 8.57. The Balaban J connectivity index is 1.53. The molecule has 0 saturated carbocycles. The van der Waals surface area contributed by atoms with Crippen LogP contribution in [0.3, 0.4) is 0 Å². The second kappa shape index (κ2) is 7.57. The molecule has 1 heterocycles. The molecule has 1 aliphatic heterocycles. The molecular formula is C20H22N2O5. The van der Waals surface area contributed by atoms with Crippen LogP contribution in [-0.2, 0) is 16.0 Å². The Kier molecular flexibility index (Phi) is 5.21. The number of anilines is 2. The van der Waals surface area contributed by atoms with Gasteiger partial charge in [0.05, 0.1) is 6.42 Å². The molecule has 2 N–H and O–H groups in total. The lowest BCUT2D eigenvalue weighted by Gasteiger charge is -2.19. The molecule has 2 aromatic carbocycles. The molecule has 0 aromatic heterocycles. The van der Waals surface area contributed by atoms with Gasteiger partial charge >= 0.3 is 6.09 Å². The van der Waals surface area contributed by atoms with Crippen molar-refractivity contribution >= 4 is 23.4 Å². The summed E-state index contributed by atoms with van der Waals surface area (Å²) in [5.41, 5.74) is 1.51. The summed E-state index contributed by atoms with van der Waals surface area (Å²) in [6.07, 6.45) is -0.308. The Morgan fingerprint density at radius 2 is 1.63 bits per heavy atom. The Bertz CT molecular complexity index is 840. The van der Waals surface area contributed by atoms with E-state index in [0.29, 0.717) is 22.9 Å². The molecule has 0 bridgehead atoms. The highest BCUT2D eigenvalue weighted by Gasteiger charge is 2.16. The van der Waals surface area contributed by atoms with Gasteiger partial charge in [-0.25, -0.2) is 4.79 Å². The summed E-state index contributed by atoms with van der Waals surface area (Å²) >= 11 is 0. The summed E-state index contributed by atoms with van der Waals surface area (Å²) < 4.78 is 15.7. The first-order valence-corrected chi connectivity index (χ1v) is 8.57. The predicted octanol–water partition coefficient (Wildman–Crippen LogP) is 3.94. The fourth-order valence-electron chi connectivity index (χ4n) is 2.49. The van der Waals surface area contributed by atoms with Crippen molar-refractivity contribution < 1.29 is 23.8 Å². The minimum atomic E-state index is -0.559. The van der Waals surface area contributed by atoms with Gasteiger partial charge in [-0.1, -0.05) is 12.1 Å². The van der Waals surface area contributed by atoms with Crippen LogP contribution in [0.15, 0.2) is 42.5 Å². The monoisotopic (exact) mass is 370 g/mol. The molecule has 0 unspecified atom stereocenters. The van der Waals surface area contributed by atoms with Crippen LogP contribution in [0.4, 0.5) is 16.2 Å². The Labute approximate surface area is 157 Å². The van der Waals surface area contributed by atoms with Crippen LogP contribution in [0.1, 0.15) is 26.3 Å². The number of ether oxygens (including phenoxy) is 3. The molecule has 2 amide bonds. The van der Waals surface area contributed by atoms with Crippen molar-refractivity contribution in [1.29, 1.82) is 0 Å². The molecule has 0 fully saturated rings. The van der Waals surface area contributed by atoms with Crippen molar-refractivity contribution in [2.75, 3.05) is 17.4 Å². The molecule has 0 spiro atoms. The summed E-state index contributed by atoms with van der Waals surface area (Å²) in [6.45, 7) is 5.59. The van der Waals surface area contributed by atoms with Gasteiger partial charge < -0.3 is 19.5 Å². The highest BCUT2D eigenvalue weighted by atomic mass is 16.7. The highest BCUT2D eigenvalue weighted by molar-refractivity contribution is 5.92. The topological polar surface area (TPSA) is 85.9 Å².